The van der Waals surface area contributed by atoms with Gasteiger partial charge in [0, 0.05) is 11.1 Å². The molecule has 0 aliphatic heterocycles. The van der Waals surface area contributed by atoms with Crippen LogP contribution in [0.15, 0.2) is 85.0 Å². The van der Waals surface area contributed by atoms with Gasteiger partial charge >= 0.3 is 0 Å². The summed E-state index contributed by atoms with van der Waals surface area (Å²) in [5, 5.41) is 0. The van der Waals surface area contributed by atoms with E-state index in [1.165, 1.54) is 0 Å². The number of carbonyl (C=O) groups is 2. The van der Waals surface area contributed by atoms with Gasteiger partial charge in [0.15, 0.2) is 12.6 Å². The van der Waals surface area contributed by atoms with E-state index in [0.717, 1.165) is 23.7 Å². The number of hydrogen-bond donors (Lipinski definition) is 0. The number of allylic oxidation sites excluding steroid dienone is 6. The summed E-state index contributed by atoms with van der Waals surface area (Å²) in [6.45, 7) is 0. The first-order chi connectivity index (χ1) is 10.8. The largest absolute Gasteiger partial charge is 0.298 e. The van der Waals surface area contributed by atoms with Crippen LogP contribution in [0, 0.1) is 0 Å². The highest BCUT2D eigenvalue weighted by Gasteiger charge is 1.97. The average Bonchev–Trinajstić information content (AvgIpc) is 2.60. The van der Waals surface area contributed by atoms with E-state index in [1.807, 2.05) is 60.7 Å². The summed E-state index contributed by atoms with van der Waals surface area (Å²) in [5.74, 6) is 0. The standard InChI is InChI=1S/C20H16O2/c21-15-19(17-9-3-1-4-10-17)13-7-8-14-20(16-22)18-11-5-2-6-12-18/h1-16H. The smallest absolute Gasteiger partial charge is 0.150 e. The van der Waals surface area contributed by atoms with Crippen LogP contribution in [-0.2, 0) is 9.59 Å². The van der Waals surface area contributed by atoms with Crippen LogP contribution in [0.5, 0.6) is 0 Å². The van der Waals surface area contributed by atoms with E-state index in [1.54, 1.807) is 24.3 Å². The third-order valence-corrected chi connectivity index (χ3v) is 3.13. The van der Waals surface area contributed by atoms with E-state index in [2.05, 4.69) is 0 Å². The zero-order valence-electron chi connectivity index (χ0n) is 12.1. The molecule has 0 atom stereocenters. The highest BCUT2D eigenvalue weighted by atomic mass is 16.1. The molecule has 0 saturated carbocycles. The lowest BCUT2D eigenvalue weighted by Gasteiger charge is -1.98. The van der Waals surface area contributed by atoms with Crippen molar-refractivity contribution in [1.82, 2.24) is 0 Å². The number of hydrogen-bond acceptors (Lipinski definition) is 2. The number of benzene rings is 2. The third kappa shape index (κ3) is 4.25. The second-order valence-electron chi connectivity index (χ2n) is 4.60. The molecule has 0 aliphatic carbocycles. The molecule has 0 bridgehead atoms. The quantitative estimate of drug-likeness (QED) is 0.455. The Hall–Kier alpha value is -3.00. The van der Waals surface area contributed by atoms with Crippen molar-refractivity contribution in [2.75, 3.05) is 0 Å². The molecule has 0 fully saturated rings. The molecular weight excluding hydrogens is 272 g/mol. The Balaban J connectivity index is 2.17. The summed E-state index contributed by atoms with van der Waals surface area (Å²) in [5.41, 5.74) is 2.92. The Kier molecular flexibility index (Phi) is 5.82. The molecule has 0 amide bonds. The monoisotopic (exact) mass is 288 g/mol. The van der Waals surface area contributed by atoms with Crippen molar-refractivity contribution >= 4 is 23.7 Å². The zero-order chi connectivity index (χ0) is 15.6. The molecule has 2 aromatic carbocycles. The fourth-order valence-corrected chi connectivity index (χ4v) is 1.99. The van der Waals surface area contributed by atoms with Crippen molar-refractivity contribution in [3.63, 3.8) is 0 Å². The molecule has 0 N–H and O–H groups in total. The first-order valence-corrected chi connectivity index (χ1v) is 6.95. The van der Waals surface area contributed by atoms with E-state index >= 15 is 0 Å². The molecule has 2 rings (SSSR count). The van der Waals surface area contributed by atoms with Crippen LogP contribution in [0.4, 0.5) is 0 Å². The average molecular weight is 288 g/mol. The minimum absolute atomic E-state index is 0.595. The molecule has 0 aromatic heterocycles. The lowest BCUT2D eigenvalue weighted by atomic mass is 10.1. The maximum absolute atomic E-state index is 11.1. The topological polar surface area (TPSA) is 34.1 Å². The maximum atomic E-state index is 11.1. The van der Waals surface area contributed by atoms with Crippen molar-refractivity contribution < 1.29 is 9.59 Å². The molecule has 2 nitrogen and oxygen atoms in total. The van der Waals surface area contributed by atoms with Gasteiger partial charge in [-0.3, -0.25) is 9.59 Å². The fourth-order valence-electron chi connectivity index (χ4n) is 1.99. The Morgan fingerprint density at radius 2 is 0.955 bits per heavy atom. The van der Waals surface area contributed by atoms with Crippen molar-refractivity contribution in [1.29, 1.82) is 0 Å². The van der Waals surface area contributed by atoms with E-state index in [0.29, 0.717) is 11.1 Å². The summed E-state index contributed by atoms with van der Waals surface area (Å²) in [6.07, 6.45) is 8.60. The second kappa shape index (κ2) is 8.32. The van der Waals surface area contributed by atoms with Gasteiger partial charge < -0.3 is 0 Å². The molecule has 0 unspecified atom stereocenters. The van der Waals surface area contributed by atoms with Gasteiger partial charge in [-0.15, -0.1) is 0 Å². The Labute approximate surface area is 130 Å². The van der Waals surface area contributed by atoms with Crippen LogP contribution >= 0.6 is 0 Å². The predicted octanol–water partition coefficient (Wildman–Crippen LogP) is 4.11. The van der Waals surface area contributed by atoms with Gasteiger partial charge in [-0.2, -0.15) is 0 Å². The van der Waals surface area contributed by atoms with Gasteiger partial charge in [0.25, 0.3) is 0 Å². The van der Waals surface area contributed by atoms with Gasteiger partial charge in [-0.25, -0.2) is 0 Å². The maximum Gasteiger partial charge on any atom is 0.150 e. The molecule has 0 aliphatic rings. The van der Waals surface area contributed by atoms with Crippen LogP contribution in [-0.4, -0.2) is 12.6 Å². The Morgan fingerprint density at radius 3 is 1.27 bits per heavy atom. The summed E-state index contributed by atoms with van der Waals surface area (Å²) in [6, 6.07) is 18.9. The Bertz CT molecular complexity index is 644. The van der Waals surface area contributed by atoms with E-state index in [9.17, 15) is 9.59 Å². The van der Waals surface area contributed by atoms with Crippen LogP contribution in [0.1, 0.15) is 11.1 Å². The van der Waals surface area contributed by atoms with Gasteiger partial charge in [0.1, 0.15) is 0 Å². The zero-order valence-corrected chi connectivity index (χ0v) is 12.1. The normalized spacial score (nSPS) is 12.4. The molecule has 0 heterocycles. The molecule has 2 heteroatoms. The first kappa shape index (κ1) is 15.4. The molecule has 0 radical (unpaired) electrons. The molecule has 2 aromatic rings. The number of rotatable bonds is 6. The molecule has 22 heavy (non-hydrogen) atoms. The number of carbonyl (C=O) groups excluding carboxylic acids is 2. The lowest BCUT2D eigenvalue weighted by molar-refractivity contribution is -0.104. The van der Waals surface area contributed by atoms with Crippen LogP contribution < -0.4 is 0 Å². The summed E-state index contributed by atoms with van der Waals surface area (Å²) >= 11 is 0. The van der Waals surface area contributed by atoms with Gasteiger partial charge in [0.2, 0.25) is 0 Å². The molecule has 0 saturated heterocycles. The van der Waals surface area contributed by atoms with Crippen molar-refractivity contribution in [3.8, 4) is 0 Å². The predicted molar refractivity (Wildman–Crippen MR) is 90.1 cm³/mol. The van der Waals surface area contributed by atoms with Crippen LogP contribution in [0.3, 0.4) is 0 Å². The first-order valence-electron chi connectivity index (χ1n) is 6.95. The van der Waals surface area contributed by atoms with Crippen molar-refractivity contribution in [2.24, 2.45) is 0 Å². The molecule has 0 spiro atoms. The summed E-state index contributed by atoms with van der Waals surface area (Å²) in [7, 11) is 0. The minimum atomic E-state index is 0.595. The van der Waals surface area contributed by atoms with Crippen LogP contribution in [0.25, 0.3) is 11.1 Å². The van der Waals surface area contributed by atoms with Crippen LogP contribution in [0.2, 0.25) is 0 Å². The lowest BCUT2D eigenvalue weighted by Crippen LogP contribution is -1.84. The number of aldehydes is 2. The fraction of sp³-hybridized carbons (Fsp3) is 0. The third-order valence-electron chi connectivity index (χ3n) is 3.13. The van der Waals surface area contributed by atoms with Gasteiger partial charge in [-0.1, -0.05) is 85.0 Å². The second-order valence-corrected chi connectivity index (χ2v) is 4.60. The highest BCUT2D eigenvalue weighted by Crippen LogP contribution is 2.13. The van der Waals surface area contributed by atoms with Gasteiger partial charge in [0.05, 0.1) is 0 Å². The molecule has 108 valence electrons. The SMILES string of the molecule is O=CC(=CC=CC=C(C=O)c1ccccc1)c1ccccc1. The van der Waals surface area contributed by atoms with Crippen molar-refractivity contribution in [2.45, 2.75) is 0 Å². The minimum Gasteiger partial charge on any atom is -0.298 e. The Morgan fingerprint density at radius 1 is 0.591 bits per heavy atom. The summed E-state index contributed by atoms with van der Waals surface area (Å²) in [4.78, 5) is 22.3. The van der Waals surface area contributed by atoms with E-state index < -0.39 is 0 Å². The van der Waals surface area contributed by atoms with E-state index in [4.69, 9.17) is 0 Å². The highest BCUT2D eigenvalue weighted by molar-refractivity contribution is 6.08. The summed E-state index contributed by atoms with van der Waals surface area (Å²) < 4.78 is 0. The van der Waals surface area contributed by atoms with E-state index in [-0.39, 0.29) is 0 Å². The van der Waals surface area contributed by atoms with Gasteiger partial charge in [-0.05, 0) is 11.1 Å². The molecular formula is C20H16O2. The van der Waals surface area contributed by atoms with Crippen molar-refractivity contribution in [3.05, 3.63) is 96.1 Å².